The topological polar surface area (TPSA) is 66.5 Å². The summed E-state index contributed by atoms with van der Waals surface area (Å²) in [5.41, 5.74) is 1.52. The van der Waals surface area contributed by atoms with Gasteiger partial charge in [-0.2, -0.15) is 0 Å². The first-order valence-corrected chi connectivity index (χ1v) is 10.4. The number of amides is 1. The maximum absolute atomic E-state index is 12.5. The molecule has 6 heteroatoms. The van der Waals surface area contributed by atoms with Gasteiger partial charge in [0.1, 0.15) is 0 Å². The van der Waals surface area contributed by atoms with Crippen molar-refractivity contribution in [3.05, 3.63) is 65.7 Å². The third-order valence-electron chi connectivity index (χ3n) is 4.70. The average Bonchev–Trinajstić information content (AvgIpc) is 3.14. The Morgan fingerprint density at radius 2 is 1.65 bits per heavy atom. The van der Waals surface area contributed by atoms with Gasteiger partial charge in [0, 0.05) is 25.2 Å². The second-order valence-corrected chi connectivity index (χ2v) is 8.49. The monoisotopic (exact) mass is 372 g/mol. The molecule has 1 aliphatic carbocycles. The van der Waals surface area contributed by atoms with Crippen LogP contribution in [0, 0.1) is 0 Å². The largest absolute Gasteiger partial charge is 0.337 e. The molecule has 2 aromatic rings. The van der Waals surface area contributed by atoms with E-state index >= 15 is 0 Å². The van der Waals surface area contributed by atoms with Gasteiger partial charge in [-0.15, -0.1) is 0 Å². The van der Waals surface area contributed by atoms with Crippen LogP contribution in [-0.2, 0) is 16.6 Å². The van der Waals surface area contributed by atoms with E-state index in [-0.39, 0.29) is 16.8 Å². The Labute approximate surface area is 155 Å². The number of hydrogen-bond acceptors (Lipinski definition) is 3. The Bertz CT molecular complexity index is 842. The van der Waals surface area contributed by atoms with Crippen LogP contribution < -0.4 is 4.72 Å². The van der Waals surface area contributed by atoms with Gasteiger partial charge in [0.25, 0.3) is 5.91 Å². The molecule has 0 spiro atoms. The molecule has 0 unspecified atom stereocenters. The van der Waals surface area contributed by atoms with Crippen molar-refractivity contribution in [1.29, 1.82) is 0 Å². The fraction of sp³-hybridized carbons (Fsp3) is 0.350. The summed E-state index contributed by atoms with van der Waals surface area (Å²) in [6.07, 6.45) is 3.91. The molecule has 0 heterocycles. The number of hydrogen-bond donors (Lipinski definition) is 1. The molecule has 5 nitrogen and oxygen atoms in total. The van der Waals surface area contributed by atoms with E-state index in [4.69, 9.17) is 0 Å². The molecule has 1 N–H and O–H groups in total. The average molecular weight is 372 g/mol. The van der Waals surface area contributed by atoms with Crippen molar-refractivity contribution in [1.82, 2.24) is 9.62 Å². The number of nitrogens with one attached hydrogen (secondary N) is 1. The van der Waals surface area contributed by atoms with Crippen molar-refractivity contribution >= 4 is 15.9 Å². The van der Waals surface area contributed by atoms with Gasteiger partial charge in [-0.1, -0.05) is 43.2 Å². The van der Waals surface area contributed by atoms with Gasteiger partial charge in [0.2, 0.25) is 10.0 Å². The van der Waals surface area contributed by atoms with Gasteiger partial charge in [0.15, 0.2) is 0 Å². The predicted molar refractivity (Wildman–Crippen MR) is 101 cm³/mol. The van der Waals surface area contributed by atoms with Crippen molar-refractivity contribution in [3.63, 3.8) is 0 Å². The second kappa shape index (κ2) is 8.01. The zero-order valence-corrected chi connectivity index (χ0v) is 15.7. The summed E-state index contributed by atoms with van der Waals surface area (Å²) in [5, 5.41) is 0. The Hall–Kier alpha value is -2.18. The van der Waals surface area contributed by atoms with E-state index < -0.39 is 10.0 Å². The first kappa shape index (κ1) is 18.6. The number of nitrogens with zero attached hydrogens (tertiary/aromatic N) is 1. The van der Waals surface area contributed by atoms with Gasteiger partial charge in [-0.05, 0) is 42.7 Å². The van der Waals surface area contributed by atoms with Crippen molar-refractivity contribution in [2.75, 3.05) is 7.05 Å². The van der Waals surface area contributed by atoms with Crippen molar-refractivity contribution in [2.45, 2.75) is 43.2 Å². The van der Waals surface area contributed by atoms with Gasteiger partial charge in [0.05, 0.1) is 4.90 Å². The van der Waals surface area contributed by atoms with Crippen LogP contribution in [0.4, 0.5) is 0 Å². The van der Waals surface area contributed by atoms with E-state index in [0.717, 1.165) is 31.2 Å². The SMILES string of the molecule is CN(Cc1ccccc1)C(=O)c1ccc(S(=O)(=O)NC2CCCC2)cc1. The van der Waals surface area contributed by atoms with Crippen molar-refractivity contribution in [2.24, 2.45) is 0 Å². The zero-order chi connectivity index (χ0) is 18.6. The third-order valence-corrected chi connectivity index (χ3v) is 6.23. The fourth-order valence-corrected chi connectivity index (χ4v) is 4.56. The molecule has 3 rings (SSSR count). The summed E-state index contributed by atoms with van der Waals surface area (Å²) < 4.78 is 27.6. The fourth-order valence-electron chi connectivity index (χ4n) is 3.26. The minimum atomic E-state index is -3.53. The molecule has 0 atom stereocenters. The Balaban J connectivity index is 1.67. The number of benzene rings is 2. The van der Waals surface area contributed by atoms with Gasteiger partial charge < -0.3 is 4.90 Å². The van der Waals surface area contributed by atoms with Crippen LogP contribution >= 0.6 is 0 Å². The highest BCUT2D eigenvalue weighted by Crippen LogP contribution is 2.21. The molecule has 0 aromatic heterocycles. The standard InChI is InChI=1S/C20H24N2O3S/c1-22(15-16-7-3-2-4-8-16)20(23)17-11-13-19(14-12-17)26(24,25)21-18-9-5-6-10-18/h2-4,7-8,11-14,18,21H,5-6,9-10,15H2,1H3. The molecule has 1 aliphatic rings. The quantitative estimate of drug-likeness (QED) is 0.847. The molecule has 138 valence electrons. The summed E-state index contributed by atoms with van der Waals surface area (Å²) in [6.45, 7) is 0.503. The van der Waals surface area contributed by atoms with Crippen LogP contribution in [0.1, 0.15) is 41.6 Å². The maximum Gasteiger partial charge on any atom is 0.253 e. The molecule has 1 fully saturated rings. The van der Waals surface area contributed by atoms with Crippen LogP contribution in [0.3, 0.4) is 0 Å². The number of sulfonamides is 1. The minimum Gasteiger partial charge on any atom is -0.337 e. The van der Waals surface area contributed by atoms with Crippen molar-refractivity contribution < 1.29 is 13.2 Å². The van der Waals surface area contributed by atoms with E-state index in [1.54, 1.807) is 24.1 Å². The lowest BCUT2D eigenvalue weighted by molar-refractivity contribution is 0.0785. The van der Waals surface area contributed by atoms with Crippen LogP contribution in [0.15, 0.2) is 59.5 Å². The molecule has 2 aromatic carbocycles. The summed E-state index contributed by atoms with van der Waals surface area (Å²) in [4.78, 5) is 14.4. The lowest BCUT2D eigenvalue weighted by atomic mass is 10.1. The summed E-state index contributed by atoms with van der Waals surface area (Å²) in [6, 6.07) is 15.9. The molecule has 0 aliphatic heterocycles. The van der Waals surface area contributed by atoms with Crippen LogP contribution in [0.5, 0.6) is 0 Å². The molecular weight excluding hydrogens is 348 g/mol. The Morgan fingerprint density at radius 3 is 2.27 bits per heavy atom. The normalized spacial score (nSPS) is 15.1. The Morgan fingerprint density at radius 1 is 1.04 bits per heavy atom. The molecule has 26 heavy (non-hydrogen) atoms. The molecular formula is C20H24N2O3S. The molecule has 0 bridgehead atoms. The van der Waals surface area contributed by atoms with Crippen LogP contribution in [0.25, 0.3) is 0 Å². The summed E-state index contributed by atoms with van der Waals surface area (Å²) in [5.74, 6) is -0.137. The maximum atomic E-state index is 12.5. The number of rotatable bonds is 6. The highest BCUT2D eigenvalue weighted by atomic mass is 32.2. The predicted octanol–water partition coefficient (Wildman–Crippen LogP) is 3.18. The lowest BCUT2D eigenvalue weighted by Crippen LogP contribution is -2.32. The zero-order valence-electron chi connectivity index (χ0n) is 14.9. The molecule has 0 radical (unpaired) electrons. The van der Waals surface area contributed by atoms with E-state index in [1.807, 2.05) is 30.3 Å². The number of carbonyl (C=O) groups is 1. The van der Waals surface area contributed by atoms with Gasteiger partial charge in [-0.3, -0.25) is 4.79 Å². The first-order chi connectivity index (χ1) is 12.5. The molecule has 1 saturated carbocycles. The summed E-state index contributed by atoms with van der Waals surface area (Å²) >= 11 is 0. The van der Waals surface area contributed by atoms with Crippen LogP contribution in [0.2, 0.25) is 0 Å². The van der Waals surface area contributed by atoms with Crippen molar-refractivity contribution in [3.8, 4) is 0 Å². The van der Waals surface area contributed by atoms with Crippen LogP contribution in [-0.4, -0.2) is 32.3 Å². The van der Waals surface area contributed by atoms with E-state index in [9.17, 15) is 13.2 Å². The Kier molecular flexibility index (Phi) is 5.74. The number of carbonyl (C=O) groups excluding carboxylic acids is 1. The second-order valence-electron chi connectivity index (χ2n) is 6.77. The minimum absolute atomic E-state index is 0.0262. The van der Waals surface area contributed by atoms with Gasteiger partial charge >= 0.3 is 0 Å². The van der Waals surface area contributed by atoms with Gasteiger partial charge in [-0.25, -0.2) is 13.1 Å². The molecule has 1 amide bonds. The summed E-state index contributed by atoms with van der Waals surface area (Å²) in [7, 11) is -1.79. The molecule has 0 saturated heterocycles. The van der Waals surface area contributed by atoms with E-state index in [1.165, 1.54) is 12.1 Å². The highest BCUT2D eigenvalue weighted by Gasteiger charge is 2.23. The smallest absolute Gasteiger partial charge is 0.253 e. The lowest BCUT2D eigenvalue weighted by Gasteiger charge is -2.18. The third kappa shape index (κ3) is 4.51. The van der Waals surface area contributed by atoms with E-state index in [2.05, 4.69) is 4.72 Å². The van der Waals surface area contributed by atoms with E-state index in [0.29, 0.717) is 12.1 Å². The highest BCUT2D eigenvalue weighted by molar-refractivity contribution is 7.89. The first-order valence-electron chi connectivity index (χ1n) is 8.87.